The van der Waals surface area contributed by atoms with Crippen molar-refractivity contribution in [3.63, 3.8) is 0 Å². The number of carbonyl (C=O) groups excluding carboxylic acids is 1. The first-order chi connectivity index (χ1) is 6.54. The maximum Gasteiger partial charge on any atom is 0.316 e. The van der Waals surface area contributed by atoms with Gasteiger partial charge in [-0.3, -0.25) is 0 Å². The normalized spacial score (nSPS) is 9.64. The number of methoxy groups -OCH3 is 1. The number of urea groups is 1. The summed E-state index contributed by atoms with van der Waals surface area (Å²) in [5.41, 5.74) is 7.82. The second-order valence-electron chi connectivity index (χ2n) is 3.13. The molecule has 2 amide bonds. The van der Waals surface area contributed by atoms with E-state index in [0.717, 1.165) is 11.1 Å². The maximum absolute atomic E-state index is 10.7. The molecule has 0 aliphatic rings. The van der Waals surface area contributed by atoms with E-state index in [1.165, 1.54) is 0 Å². The molecule has 0 saturated heterocycles. The Balaban J connectivity index is 3.13. The minimum absolute atomic E-state index is 0.591. The van der Waals surface area contributed by atoms with Crippen molar-refractivity contribution < 1.29 is 9.53 Å². The van der Waals surface area contributed by atoms with Gasteiger partial charge in [0.25, 0.3) is 0 Å². The van der Waals surface area contributed by atoms with Crippen LogP contribution in [-0.2, 0) is 0 Å². The van der Waals surface area contributed by atoms with Gasteiger partial charge in [0, 0.05) is 0 Å². The fourth-order valence-electron chi connectivity index (χ4n) is 1.19. The highest BCUT2D eigenvalue weighted by Gasteiger charge is 2.06. The van der Waals surface area contributed by atoms with Gasteiger partial charge in [-0.25, -0.2) is 4.79 Å². The standard InChI is InChI=1S/C10H14N2O2/c1-6-4-8(12-10(11)13)9(14-3)5-7(6)2/h4-5H,1-3H3,(H3,11,12,13). The van der Waals surface area contributed by atoms with Crippen LogP contribution in [0.3, 0.4) is 0 Å². The van der Waals surface area contributed by atoms with Crippen molar-refractivity contribution >= 4 is 11.7 Å². The highest BCUT2D eigenvalue weighted by atomic mass is 16.5. The molecule has 3 N–H and O–H groups in total. The van der Waals surface area contributed by atoms with Crippen LogP contribution in [0.4, 0.5) is 10.5 Å². The van der Waals surface area contributed by atoms with Crippen LogP contribution < -0.4 is 15.8 Å². The predicted octanol–water partition coefficient (Wildman–Crippen LogP) is 1.80. The van der Waals surface area contributed by atoms with E-state index in [0.29, 0.717) is 11.4 Å². The van der Waals surface area contributed by atoms with Gasteiger partial charge in [0.1, 0.15) is 5.75 Å². The second kappa shape index (κ2) is 4.00. The summed E-state index contributed by atoms with van der Waals surface area (Å²) in [5, 5.41) is 2.51. The quantitative estimate of drug-likeness (QED) is 0.754. The van der Waals surface area contributed by atoms with Crippen molar-refractivity contribution in [2.45, 2.75) is 13.8 Å². The molecule has 76 valence electrons. The third-order valence-corrected chi connectivity index (χ3v) is 2.07. The van der Waals surface area contributed by atoms with Gasteiger partial charge in [0.2, 0.25) is 0 Å². The number of benzene rings is 1. The van der Waals surface area contributed by atoms with Gasteiger partial charge in [0.15, 0.2) is 0 Å². The Kier molecular flexibility index (Phi) is 2.96. The number of anilines is 1. The van der Waals surface area contributed by atoms with Crippen molar-refractivity contribution in [2.75, 3.05) is 12.4 Å². The summed E-state index contributed by atoms with van der Waals surface area (Å²) >= 11 is 0. The molecular formula is C10H14N2O2. The molecule has 0 aliphatic heterocycles. The van der Waals surface area contributed by atoms with E-state index in [4.69, 9.17) is 10.5 Å². The number of rotatable bonds is 2. The Morgan fingerprint density at radius 3 is 2.43 bits per heavy atom. The number of hydrogen-bond donors (Lipinski definition) is 2. The summed E-state index contributed by atoms with van der Waals surface area (Å²) in [4.78, 5) is 10.7. The SMILES string of the molecule is COc1cc(C)c(C)cc1NC(N)=O. The van der Waals surface area contributed by atoms with E-state index < -0.39 is 6.03 Å². The molecule has 0 bridgehead atoms. The van der Waals surface area contributed by atoms with Crippen molar-refractivity contribution in [1.29, 1.82) is 0 Å². The highest BCUT2D eigenvalue weighted by molar-refractivity contribution is 5.89. The molecule has 0 heterocycles. The third-order valence-electron chi connectivity index (χ3n) is 2.07. The van der Waals surface area contributed by atoms with Crippen LogP contribution in [0.2, 0.25) is 0 Å². The third kappa shape index (κ3) is 2.16. The van der Waals surface area contributed by atoms with Crippen molar-refractivity contribution in [1.82, 2.24) is 0 Å². The number of aryl methyl sites for hydroxylation is 2. The zero-order chi connectivity index (χ0) is 10.7. The fourth-order valence-corrected chi connectivity index (χ4v) is 1.19. The summed E-state index contributed by atoms with van der Waals surface area (Å²) < 4.78 is 5.11. The van der Waals surface area contributed by atoms with Crippen molar-refractivity contribution in [2.24, 2.45) is 5.73 Å². The Hall–Kier alpha value is -1.71. The van der Waals surface area contributed by atoms with Crippen LogP contribution in [0, 0.1) is 13.8 Å². The molecule has 4 nitrogen and oxygen atoms in total. The van der Waals surface area contributed by atoms with E-state index in [-0.39, 0.29) is 0 Å². The molecule has 0 atom stereocenters. The first-order valence-corrected chi connectivity index (χ1v) is 4.26. The lowest BCUT2D eigenvalue weighted by Gasteiger charge is -2.11. The lowest BCUT2D eigenvalue weighted by Crippen LogP contribution is -2.19. The number of ether oxygens (including phenoxy) is 1. The van der Waals surface area contributed by atoms with Crippen molar-refractivity contribution in [3.8, 4) is 5.75 Å². The number of nitrogens with one attached hydrogen (secondary N) is 1. The summed E-state index contributed by atoms with van der Waals surface area (Å²) in [5.74, 6) is 0.618. The Morgan fingerprint density at radius 1 is 1.36 bits per heavy atom. The van der Waals surface area contributed by atoms with Gasteiger partial charge in [-0.05, 0) is 37.1 Å². The first kappa shape index (κ1) is 10.4. The molecule has 0 aromatic heterocycles. The van der Waals surface area contributed by atoms with Gasteiger partial charge in [0.05, 0.1) is 12.8 Å². The van der Waals surface area contributed by atoms with E-state index in [2.05, 4.69) is 5.32 Å². The van der Waals surface area contributed by atoms with Crippen LogP contribution in [0.1, 0.15) is 11.1 Å². The van der Waals surface area contributed by atoms with E-state index >= 15 is 0 Å². The average molecular weight is 194 g/mol. The zero-order valence-electron chi connectivity index (χ0n) is 8.55. The highest BCUT2D eigenvalue weighted by Crippen LogP contribution is 2.27. The van der Waals surface area contributed by atoms with Gasteiger partial charge in [-0.15, -0.1) is 0 Å². The van der Waals surface area contributed by atoms with Crippen molar-refractivity contribution in [3.05, 3.63) is 23.3 Å². The lowest BCUT2D eigenvalue weighted by atomic mass is 10.1. The van der Waals surface area contributed by atoms with Gasteiger partial charge < -0.3 is 15.8 Å². The molecule has 0 saturated carbocycles. The molecule has 1 aromatic carbocycles. The average Bonchev–Trinajstić information content (AvgIpc) is 2.10. The molecule has 0 radical (unpaired) electrons. The smallest absolute Gasteiger partial charge is 0.316 e. The second-order valence-corrected chi connectivity index (χ2v) is 3.13. The number of hydrogen-bond acceptors (Lipinski definition) is 2. The van der Waals surface area contributed by atoms with Gasteiger partial charge >= 0.3 is 6.03 Å². The summed E-state index contributed by atoms with van der Waals surface area (Å²) in [6.07, 6.45) is 0. The zero-order valence-corrected chi connectivity index (χ0v) is 8.55. The first-order valence-electron chi connectivity index (χ1n) is 4.26. The van der Waals surface area contributed by atoms with Gasteiger partial charge in [-0.1, -0.05) is 0 Å². The summed E-state index contributed by atoms with van der Waals surface area (Å²) in [6, 6.07) is 3.10. The van der Waals surface area contributed by atoms with Gasteiger partial charge in [-0.2, -0.15) is 0 Å². The Bertz CT molecular complexity index is 361. The molecule has 0 spiro atoms. The number of primary amides is 1. The largest absolute Gasteiger partial charge is 0.495 e. The van der Waals surface area contributed by atoms with Crippen LogP contribution >= 0.6 is 0 Å². The summed E-state index contributed by atoms with van der Waals surface area (Å²) in [7, 11) is 1.55. The molecule has 1 aromatic rings. The van der Waals surface area contributed by atoms with Crippen LogP contribution in [-0.4, -0.2) is 13.1 Å². The number of nitrogens with two attached hydrogens (primary N) is 1. The fraction of sp³-hybridized carbons (Fsp3) is 0.300. The molecule has 14 heavy (non-hydrogen) atoms. The number of carbonyl (C=O) groups is 1. The van der Waals surface area contributed by atoms with E-state index in [9.17, 15) is 4.79 Å². The monoisotopic (exact) mass is 194 g/mol. The van der Waals surface area contributed by atoms with Crippen LogP contribution in [0.25, 0.3) is 0 Å². The molecule has 1 rings (SSSR count). The minimum Gasteiger partial charge on any atom is -0.495 e. The van der Waals surface area contributed by atoms with E-state index in [1.54, 1.807) is 7.11 Å². The number of amides is 2. The minimum atomic E-state index is -0.591. The Morgan fingerprint density at radius 2 is 1.93 bits per heavy atom. The van der Waals surface area contributed by atoms with Crippen LogP contribution in [0.5, 0.6) is 5.75 Å². The van der Waals surface area contributed by atoms with E-state index in [1.807, 2.05) is 26.0 Å². The van der Waals surface area contributed by atoms with Crippen LogP contribution in [0.15, 0.2) is 12.1 Å². The maximum atomic E-state index is 10.7. The predicted molar refractivity (Wildman–Crippen MR) is 55.7 cm³/mol. The Labute approximate surface area is 83.1 Å². The lowest BCUT2D eigenvalue weighted by molar-refractivity contribution is 0.259. The molecular weight excluding hydrogens is 180 g/mol. The molecule has 0 aliphatic carbocycles. The molecule has 0 fully saturated rings. The topological polar surface area (TPSA) is 64.3 Å². The molecule has 0 unspecified atom stereocenters. The molecule has 4 heteroatoms. The summed E-state index contributed by atoms with van der Waals surface area (Å²) in [6.45, 7) is 3.94.